The van der Waals surface area contributed by atoms with Crippen molar-refractivity contribution in [2.75, 3.05) is 26.8 Å². The fourth-order valence-corrected chi connectivity index (χ4v) is 6.12. The lowest BCUT2D eigenvalue weighted by atomic mass is 9.71. The molecule has 1 aliphatic carbocycles. The van der Waals surface area contributed by atoms with Crippen molar-refractivity contribution in [1.82, 2.24) is 4.90 Å². The first-order valence-electron chi connectivity index (χ1n) is 13.4. The molecule has 0 bridgehead atoms. The molecule has 37 heavy (non-hydrogen) atoms. The fraction of sp³-hybridized carbons (Fsp3) is 0.533. The van der Waals surface area contributed by atoms with Crippen LogP contribution in [0.15, 0.2) is 48.5 Å². The molecule has 0 aromatic heterocycles. The number of nitriles is 1. The van der Waals surface area contributed by atoms with Crippen LogP contribution in [0.1, 0.15) is 56.1 Å². The van der Waals surface area contributed by atoms with Gasteiger partial charge in [-0.05, 0) is 73.8 Å². The molecule has 1 aliphatic heterocycles. The average Bonchev–Trinajstić information content (AvgIpc) is 3.28. The van der Waals surface area contributed by atoms with Gasteiger partial charge in [0.15, 0.2) is 0 Å². The van der Waals surface area contributed by atoms with Crippen LogP contribution in [0.3, 0.4) is 0 Å². The van der Waals surface area contributed by atoms with Gasteiger partial charge in [0.05, 0.1) is 23.3 Å². The summed E-state index contributed by atoms with van der Waals surface area (Å²) >= 11 is 0. The largest absolute Gasteiger partial charge is 0.391 e. The molecule has 1 amide bonds. The van der Waals surface area contributed by atoms with Crippen molar-refractivity contribution in [2.24, 2.45) is 17.6 Å². The van der Waals surface area contributed by atoms with E-state index in [-0.39, 0.29) is 23.8 Å². The molecule has 1 saturated heterocycles. The van der Waals surface area contributed by atoms with Crippen LogP contribution >= 0.6 is 0 Å². The van der Waals surface area contributed by atoms with Gasteiger partial charge in [-0.15, -0.1) is 0 Å². The Labute approximate surface area is 219 Å². The van der Waals surface area contributed by atoms with Gasteiger partial charge >= 0.3 is 0 Å². The Morgan fingerprint density at radius 2 is 2.00 bits per heavy atom. The number of nitrogens with two attached hydrogens (primary N) is 1. The van der Waals surface area contributed by atoms with Crippen molar-refractivity contribution in [3.63, 3.8) is 0 Å². The minimum atomic E-state index is -1.18. The van der Waals surface area contributed by atoms with Gasteiger partial charge in [-0.25, -0.2) is 0 Å². The minimum absolute atomic E-state index is 0.0292. The van der Waals surface area contributed by atoms with Crippen LogP contribution < -0.4 is 5.73 Å². The van der Waals surface area contributed by atoms with E-state index in [1.54, 1.807) is 13.2 Å². The summed E-state index contributed by atoms with van der Waals surface area (Å²) in [6, 6.07) is 17.3. The summed E-state index contributed by atoms with van der Waals surface area (Å²) in [5, 5.41) is 32.2. The van der Waals surface area contributed by atoms with Gasteiger partial charge in [0, 0.05) is 44.7 Å². The van der Waals surface area contributed by atoms with Gasteiger partial charge in [-0.1, -0.05) is 36.4 Å². The van der Waals surface area contributed by atoms with E-state index >= 15 is 0 Å². The van der Waals surface area contributed by atoms with E-state index in [0.717, 1.165) is 42.4 Å². The highest BCUT2D eigenvalue weighted by molar-refractivity contribution is 5.79. The number of rotatable bonds is 9. The van der Waals surface area contributed by atoms with E-state index in [1.807, 2.05) is 47.4 Å². The summed E-state index contributed by atoms with van der Waals surface area (Å²) in [6.45, 7) is 1.72. The summed E-state index contributed by atoms with van der Waals surface area (Å²) in [5.41, 5.74) is 7.94. The lowest BCUT2D eigenvalue weighted by molar-refractivity contribution is -0.141. The highest BCUT2D eigenvalue weighted by Crippen LogP contribution is 2.44. The number of piperidine rings is 1. The molecule has 2 fully saturated rings. The Morgan fingerprint density at radius 1 is 1.22 bits per heavy atom. The molecule has 198 valence electrons. The molecule has 1 heterocycles. The number of amides is 1. The first-order chi connectivity index (χ1) is 17.9. The van der Waals surface area contributed by atoms with Gasteiger partial charge in [0.25, 0.3) is 0 Å². The van der Waals surface area contributed by atoms with E-state index in [9.17, 15) is 20.3 Å². The molecular formula is C30H39N3O4. The molecule has 7 nitrogen and oxygen atoms in total. The number of hydrogen-bond acceptors (Lipinski definition) is 6. The van der Waals surface area contributed by atoms with Crippen LogP contribution in [0.4, 0.5) is 0 Å². The third-order valence-electron chi connectivity index (χ3n) is 8.19. The molecule has 2 aromatic carbocycles. The molecule has 1 unspecified atom stereocenters. The van der Waals surface area contributed by atoms with Gasteiger partial charge in [-0.3, -0.25) is 4.79 Å². The summed E-state index contributed by atoms with van der Waals surface area (Å²) < 4.78 is 5.25. The predicted molar refractivity (Wildman–Crippen MR) is 142 cm³/mol. The minimum Gasteiger partial charge on any atom is -0.391 e. The van der Waals surface area contributed by atoms with Crippen molar-refractivity contribution in [3.8, 4) is 17.2 Å². The quantitative estimate of drug-likeness (QED) is 0.448. The second kappa shape index (κ2) is 12.2. The third-order valence-corrected chi connectivity index (χ3v) is 8.19. The van der Waals surface area contributed by atoms with Crippen molar-refractivity contribution in [3.05, 3.63) is 59.7 Å². The number of likely N-dealkylation sites (tertiary alicyclic amines) is 1. The van der Waals surface area contributed by atoms with Crippen LogP contribution in [-0.4, -0.2) is 60.0 Å². The zero-order valence-corrected chi connectivity index (χ0v) is 21.7. The number of nitrogens with zero attached hydrogens (tertiary/aromatic N) is 2. The number of hydrogen-bond donors (Lipinski definition) is 3. The Kier molecular flexibility index (Phi) is 8.99. The average molecular weight is 506 g/mol. The molecule has 0 spiro atoms. The lowest BCUT2D eigenvalue weighted by Crippen LogP contribution is -2.49. The number of benzene rings is 2. The SMILES string of the molecule is COCCCC[C@@](O)(c1ccc(C#N)cc1-c1ccccc1)C1CCCN(C(=O)[C@H]2C[C@@H](N)[C@@H](O)C2)C1. The zero-order chi connectivity index (χ0) is 26.4. The number of unbranched alkanes of at least 4 members (excludes halogenated alkanes) is 1. The van der Waals surface area contributed by atoms with Crippen molar-refractivity contribution in [1.29, 1.82) is 5.26 Å². The molecule has 5 atom stereocenters. The maximum atomic E-state index is 13.4. The second-order valence-corrected chi connectivity index (χ2v) is 10.6. The number of carbonyl (C=O) groups excluding carboxylic acids is 1. The predicted octanol–water partition coefficient (Wildman–Crippen LogP) is 3.57. The zero-order valence-electron chi connectivity index (χ0n) is 21.7. The van der Waals surface area contributed by atoms with E-state index in [1.165, 1.54) is 0 Å². The third kappa shape index (κ3) is 6.05. The molecule has 4 rings (SSSR count). The Hall–Kier alpha value is -2.76. The molecule has 4 N–H and O–H groups in total. The highest BCUT2D eigenvalue weighted by atomic mass is 16.5. The van der Waals surface area contributed by atoms with E-state index in [4.69, 9.17) is 10.5 Å². The van der Waals surface area contributed by atoms with Gasteiger partial charge in [-0.2, -0.15) is 5.26 Å². The van der Waals surface area contributed by atoms with Crippen LogP contribution in [0.5, 0.6) is 0 Å². The van der Waals surface area contributed by atoms with Crippen LogP contribution in [-0.2, 0) is 15.1 Å². The van der Waals surface area contributed by atoms with E-state index < -0.39 is 11.7 Å². The van der Waals surface area contributed by atoms with Crippen molar-refractivity contribution < 1.29 is 19.7 Å². The summed E-state index contributed by atoms with van der Waals surface area (Å²) in [4.78, 5) is 15.3. The van der Waals surface area contributed by atoms with Crippen LogP contribution in [0, 0.1) is 23.2 Å². The maximum absolute atomic E-state index is 13.4. The van der Waals surface area contributed by atoms with Gasteiger partial charge < -0.3 is 25.6 Å². The Bertz CT molecular complexity index is 1090. The van der Waals surface area contributed by atoms with E-state index in [2.05, 4.69) is 6.07 Å². The number of aliphatic hydroxyl groups excluding tert-OH is 1. The van der Waals surface area contributed by atoms with E-state index in [0.29, 0.717) is 44.5 Å². The Balaban J connectivity index is 1.68. The fourth-order valence-electron chi connectivity index (χ4n) is 6.12. The standard InChI is InChI=1S/C30H39N3O4/c1-37-15-6-5-13-30(36,26-12-11-21(19-31)16-25(26)22-8-3-2-4-9-22)24-10-7-14-33(20-24)29(35)23-17-27(32)28(34)18-23/h2-4,8-9,11-12,16,23-24,27-28,34,36H,5-7,10,13-15,17-18,20,32H2,1H3/t23-,24?,27+,28-,30-/m0/s1. The smallest absolute Gasteiger partial charge is 0.225 e. The highest BCUT2D eigenvalue weighted by Gasteiger charge is 2.44. The summed E-state index contributed by atoms with van der Waals surface area (Å²) in [6.07, 6.45) is 3.98. The molecule has 2 aliphatic rings. The topological polar surface area (TPSA) is 120 Å². The normalized spacial score (nSPS) is 25.4. The van der Waals surface area contributed by atoms with Gasteiger partial charge in [0.1, 0.15) is 0 Å². The summed E-state index contributed by atoms with van der Waals surface area (Å²) in [7, 11) is 1.68. The molecule has 0 radical (unpaired) electrons. The summed E-state index contributed by atoms with van der Waals surface area (Å²) in [5.74, 6) is -0.405. The molecule has 7 heteroatoms. The number of carbonyl (C=O) groups is 1. The van der Waals surface area contributed by atoms with Gasteiger partial charge in [0.2, 0.25) is 5.91 Å². The Morgan fingerprint density at radius 3 is 2.68 bits per heavy atom. The maximum Gasteiger partial charge on any atom is 0.225 e. The first-order valence-corrected chi connectivity index (χ1v) is 13.4. The number of aliphatic hydroxyl groups is 2. The van der Waals surface area contributed by atoms with Crippen molar-refractivity contribution in [2.45, 2.75) is 62.7 Å². The number of ether oxygens (including phenoxy) is 1. The van der Waals surface area contributed by atoms with Crippen LogP contribution in [0.25, 0.3) is 11.1 Å². The number of methoxy groups -OCH3 is 1. The second-order valence-electron chi connectivity index (χ2n) is 10.6. The monoisotopic (exact) mass is 505 g/mol. The van der Waals surface area contributed by atoms with Crippen LogP contribution in [0.2, 0.25) is 0 Å². The molecule has 2 aromatic rings. The molecule has 1 saturated carbocycles. The van der Waals surface area contributed by atoms with Crippen molar-refractivity contribution >= 4 is 5.91 Å². The lowest BCUT2D eigenvalue weighted by Gasteiger charge is -2.44. The molecular weight excluding hydrogens is 466 g/mol. The first kappa shape index (κ1) is 27.3.